The third-order valence-corrected chi connectivity index (χ3v) is 3.65. The summed E-state index contributed by atoms with van der Waals surface area (Å²) in [4.78, 5) is 13.9. The summed E-state index contributed by atoms with van der Waals surface area (Å²) in [7, 11) is 0. The zero-order valence-corrected chi connectivity index (χ0v) is 13.2. The SMILES string of the molecule is CCN(CC)C(=O)c1c(C(F)(F)F)nn(-c2ccccc2)c1C. The van der Waals surface area contributed by atoms with Gasteiger partial charge in [0.1, 0.15) is 0 Å². The highest BCUT2D eigenvalue weighted by Crippen LogP contribution is 2.34. The lowest BCUT2D eigenvalue weighted by atomic mass is 10.1. The van der Waals surface area contributed by atoms with E-state index in [0.29, 0.717) is 18.8 Å². The number of nitrogens with zero attached hydrogens (tertiary/aromatic N) is 3. The van der Waals surface area contributed by atoms with Gasteiger partial charge in [0.15, 0.2) is 5.69 Å². The fraction of sp³-hybridized carbons (Fsp3) is 0.375. The van der Waals surface area contributed by atoms with Crippen LogP contribution < -0.4 is 0 Å². The van der Waals surface area contributed by atoms with Crippen LogP contribution in [0.4, 0.5) is 13.2 Å². The molecular formula is C16H18F3N3O. The number of benzene rings is 1. The summed E-state index contributed by atoms with van der Waals surface area (Å²) in [6.07, 6.45) is -4.69. The summed E-state index contributed by atoms with van der Waals surface area (Å²) in [6, 6.07) is 8.46. The average molecular weight is 325 g/mol. The number of halogens is 3. The van der Waals surface area contributed by atoms with Crippen LogP contribution in [0, 0.1) is 6.92 Å². The molecular weight excluding hydrogens is 307 g/mol. The van der Waals surface area contributed by atoms with E-state index in [2.05, 4.69) is 5.10 Å². The molecule has 1 amide bonds. The van der Waals surface area contributed by atoms with Gasteiger partial charge in [0, 0.05) is 13.1 Å². The molecule has 0 atom stereocenters. The highest BCUT2D eigenvalue weighted by atomic mass is 19.4. The van der Waals surface area contributed by atoms with Crippen molar-refractivity contribution in [1.82, 2.24) is 14.7 Å². The first kappa shape index (κ1) is 17.1. The molecule has 7 heteroatoms. The molecule has 0 spiro atoms. The molecule has 0 aliphatic rings. The van der Waals surface area contributed by atoms with Crippen LogP contribution in [0.5, 0.6) is 0 Å². The molecule has 124 valence electrons. The summed E-state index contributed by atoms with van der Waals surface area (Å²) in [6.45, 7) is 5.61. The Morgan fingerprint density at radius 2 is 1.74 bits per heavy atom. The first-order valence-corrected chi connectivity index (χ1v) is 7.32. The van der Waals surface area contributed by atoms with Gasteiger partial charge in [0.05, 0.1) is 16.9 Å². The van der Waals surface area contributed by atoms with E-state index in [1.165, 1.54) is 16.5 Å². The molecule has 0 unspecified atom stereocenters. The quantitative estimate of drug-likeness (QED) is 0.860. The van der Waals surface area contributed by atoms with E-state index >= 15 is 0 Å². The van der Waals surface area contributed by atoms with Crippen molar-refractivity contribution in [1.29, 1.82) is 0 Å². The molecule has 0 N–H and O–H groups in total. The van der Waals surface area contributed by atoms with Gasteiger partial charge in [-0.1, -0.05) is 18.2 Å². The molecule has 0 fully saturated rings. The Morgan fingerprint density at radius 1 is 1.17 bits per heavy atom. The molecule has 2 rings (SSSR count). The Kier molecular flexibility index (Phi) is 4.77. The van der Waals surface area contributed by atoms with Crippen molar-refractivity contribution in [2.24, 2.45) is 0 Å². The van der Waals surface area contributed by atoms with Gasteiger partial charge in [0.2, 0.25) is 0 Å². The maximum Gasteiger partial charge on any atom is 0.435 e. The van der Waals surface area contributed by atoms with Crippen molar-refractivity contribution in [3.63, 3.8) is 0 Å². The number of aromatic nitrogens is 2. The minimum Gasteiger partial charge on any atom is -0.339 e. The van der Waals surface area contributed by atoms with E-state index in [1.54, 1.807) is 44.2 Å². The zero-order valence-electron chi connectivity index (χ0n) is 13.2. The number of hydrogen-bond acceptors (Lipinski definition) is 2. The minimum atomic E-state index is -4.69. The number of carbonyl (C=O) groups is 1. The summed E-state index contributed by atoms with van der Waals surface area (Å²) in [5, 5.41) is 3.67. The van der Waals surface area contributed by atoms with Crippen LogP contribution in [0.1, 0.15) is 35.6 Å². The summed E-state index contributed by atoms with van der Waals surface area (Å²) < 4.78 is 41.2. The fourth-order valence-corrected chi connectivity index (χ4v) is 2.45. The topological polar surface area (TPSA) is 38.1 Å². The second-order valence-electron chi connectivity index (χ2n) is 5.03. The lowest BCUT2D eigenvalue weighted by molar-refractivity contribution is -0.141. The van der Waals surface area contributed by atoms with Gasteiger partial charge in [0.25, 0.3) is 5.91 Å². The molecule has 1 heterocycles. The Balaban J connectivity index is 2.65. The van der Waals surface area contributed by atoms with Crippen LogP contribution in [-0.2, 0) is 6.18 Å². The number of carbonyl (C=O) groups excluding carboxylic acids is 1. The highest BCUT2D eigenvalue weighted by Gasteiger charge is 2.41. The number of amides is 1. The number of rotatable bonds is 4. The number of hydrogen-bond donors (Lipinski definition) is 0. The van der Waals surface area contributed by atoms with E-state index in [9.17, 15) is 18.0 Å². The summed E-state index contributed by atoms with van der Waals surface area (Å²) in [5.41, 5.74) is -0.865. The minimum absolute atomic E-state index is 0.181. The predicted molar refractivity (Wildman–Crippen MR) is 80.6 cm³/mol. The maximum absolute atomic E-state index is 13.3. The molecule has 0 saturated heterocycles. The Morgan fingerprint density at radius 3 is 2.22 bits per heavy atom. The van der Waals surface area contributed by atoms with Gasteiger partial charge >= 0.3 is 6.18 Å². The van der Waals surface area contributed by atoms with Crippen LogP contribution in [0.15, 0.2) is 30.3 Å². The third kappa shape index (κ3) is 3.23. The average Bonchev–Trinajstić information content (AvgIpc) is 2.87. The maximum atomic E-state index is 13.3. The molecule has 0 aliphatic heterocycles. The zero-order chi connectivity index (χ0) is 17.2. The Bertz CT molecular complexity index is 689. The highest BCUT2D eigenvalue weighted by molar-refractivity contribution is 5.96. The lowest BCUT2D eigenvalue weighted by Gasteiger charge is -2.19. The van der Waals surface area contributed by atoms with Crippen LogP contribution in [-0.4, -0.2) is 33.7 Å². The molecule has 2 aromatic rings. The molecule has 0 bridgehead atoms. The second kappa shape index (κ2) is 6.44. The first-order chi connectivity index (χ1) is 10.8. The van der Waals surface area contributed by atoms with Crippen LogP contribution in [0.2, 0.25) is 0 Å². The largest absolute Gasteiger partial charge is 0.435 e. The predicted octanol–water partition coefficient (Wildman–Crippen LogP) is 3.68. The van der Waals surface area contributed by atoms with E-state index in [0.717, 1.165) is 0 Å². The van der Waals surface area contributed by atoms with Crippen LogP contribution in [0.3, 0.4) is 0 Å². The summed E-state index contributed by atoms with van der Waals surface area (Å²) >= 11 is 0. The van der Waals surface area contributed by atoms with Crippen LogP contribution in [0.25, 0.3) is 5.69 Å². The third-order valence-electron chi connectivity index (χ3n) is 3.65. The van der Waals surface area contributed by atoms with E-state index < -0.39 is 17.8 Å². The van der Waals surface area contributed by atoms with Crippen molar-refractivity contribution >= 4 is 5.91 Å². The number of para-hydroxylation sites is 1. The van der Waals surface area contributed by atoms with Crippen molar-refractivity contribution < 1.29 is 18.0 Å². The molecule has 23 heavy (non-hydrogen) atoms. The molecule has 0 aliphatic carbocycles. The molecule has 1 aromatic heterocycles. The van der Waals surface area contributed by atoms with E-state index in [1.807, 2.05) is 0 Å². The fourth-order valence-electron chi connectivity index (χ4n) is 2.45. The molecule has 1 aromatic carbocycles. The van der Waals surface area contributed by atoms with Gasteiger partial charge in [-0.15, -0.1) is 0 Å². The Labute approximate surface area is 132 Å². The molecule has 4 nitrogen and oxygen atoms in total. The smallest absolute Gasteiger partial charge is 0.339 e. The van der Waals surface area contributed by atoms with Gasteiger partial charge < -0.3 is 4.90 Å². The van der Waals surface area contributed by atoms with Gasteiger partial charge in [-0.05, 0) is 32.9 Å². The molecule has 0 radical (unpaired) electrons. The second-order valence-corrected chi connectivity index (χ2v) is 5.03. The van der Waals surface area contributed by atoms with Crippen molar-refractivity contribution in [3.05, 3.63) is 47.3 Å². The Hall–Kier alpha value is -2.31. The van der Waals surface area contributed by atoms with Crippen molar-refractivity contribution in [2.45, 2.75) is 26.9 Å². The standard InChI is InChI=1S/C16H18F3N3O/c1-4-21(5-2)15(23)13-11(3)22(12-9-7-6-8-10-12)20-14(13)16(17,18)19/h6-10H,4-5H2,1-3H3. The lowest BCUT2D eigenvalue weighted by Crippen LogP contribution is -2.32. The molecule has 0 saturated carbocycles. The van der Waals surface area contributed by atoms with Crippen molar-refractivity contribution in [2.75, 3.05) is 13.1 Å². The van der Waals surface area contributed by atoms with E-state index in [-0.39, 0.29) is 11.3 Å². The normalized spacial score (nSPS) is 11.6. The first-order valence-electron chi connectivity index (χ1n) is 7.32. The van der Waals surface area contributed by atoms with Crippen molar-refractivity contribution in [3.8, 4) is 5.69 Å². The van der Waals surface area contributed by atoms with Crippen LogP contribution >= 0.6 is 0 Å². The van der Waals surface area contributed by atoms with Gasteiger partial charge in [-0.2, -0.15) is 18.3 Å². The van der Waals surface area contributed by atoms with Gasteiger partial charge in [-0.3, -0.25) is 4.79 Å². The summed E-state index contributed by atoms with van der Waals surface area (Å²) in [5.74, 6) is -0.651. The van der Waals surface area contributed by atoms with E-state index in [4.69, 9.17) is 0 Å². The number of alkyl halides is 3. The monoisotopic (exact) mass is 325 g/mol. The van der Waals surface area contributed by atoms with Gasteiger partial charge in [-0.25, -0.2) is 4.68 Å².